The molecule has 0 bridgehead atoms. The van der Waals surface area contributed by atoms with Crippen LogP contribution in [0, 0.1) is 11.3 Å². The largest absolute Gasteiger partial charge is 0.390 e. The fourth-order valence-corrected chi connectivity index (χ4v) is 3.99. The van der Waals surface area contributed by atoms with Crippen molar-refractivity contribution in [3.63, 3.8) is 0 Å². The summed E-state index contributed by atoms with van der Waals surface area (Å²) in [6, 6.07) is 0. The minimum absolute atomic E-state index is 0.294. The van der Waals surface area contributed by atoms with Gasteiger partial charge in [-0.05, 0) is 45.1 Å². The first-order valence-corrected chi connectivity index (χ1v) is 7.04. The zero-order chi connectivity index (χ0) is 14.6. The molecule has 4 heteroatoms. The van der Waals surface area contributed by atoms with Crippen molar-refractivity contribution in [1.29, 1.82) is 0 Å². The Labute approximate surface area is 114 Å². The highest BCUT2D eigenvalue weighted by Gasteiger charge is 2.62. The van der Waals surface area contributed by atoms with Crippen LogP contribution in [0.25, 0.3) is 0 Å². The maximum Gasteiger partial charge on any atom is 0.119 e. The van der Waals surface area contributed by atoms with Crippen LogP contribution in [0.15, 0.2) is 12.2 Å². The summed E-state index contributed by atoms with van der Waals surface area (Å²) >= 11 is 0. The van der Waals surface area contributed by atoms with E-state index in [0.717, 1.165) is 0 Å². The highest BCUT2D eigenvalue weighted by Crippen LogP contribution is 2.57. The van der Waals surface area contributed by atoms with Gasteiger partial charge in [-0.1, -0.05) is 13.5 Å². The van der Waals surface area contributed by atoms with Gasteiger partial charge in [0.25, 0.3) is 0 Å². The summed E-state index contributed by atoms with van der Waals surface area (Å²) in [4.78, 5) is 0. The summed E-state index contributed by atoms with van der Waals surface area (Å²) in [6.45, 7) is 9.06. The molecular formula is C15H26O4. The second kappa shape index (κ2) is 4.29. The lowest BCUT2D eigenvalue weighted by atomic mass is 9.50. The Hall–Kier alpha value is -0.420. The van der Waals surface area contributed by atoms with Crippen LogP contribution in [0.3, 0.4) is 0 Å². The summed E-state index contributed by atoms with van der Waals surface area (Å²) in [5.74, 6) is -0.423. The van der Waals surface area contributed by atoms with Gasteiger partial charge in [0.1, 0.15) is 5.60 Å². The van der Waals surface area contributed by atoms with E-state index in [0.29, 0.717) is 31.3 Å². The average molecular weight is 270 g/mol. The van der Waals surface area contributed by atoms with Crippen molar-refractivity contribution in [2.45, 2.75) is 69.9 Å². The third-order valence-corrected chi connectivity index (χ3v) is 5.51. The van der Waals surface area contributed by atoms with Crippen LogP contribution in [0.5, 0.6) is 0 Å². The first-order valence-electron chi connectivity index (χ1n) is 7.04. The van der Waals surface area contributed by atoms with E-state index in [1.54, 1.807) is 13.8 Å². The molecule has 110 valence electrons. The van der Waals surface area contributed by atoms with Crippen molar-refractivity contribution in [3.8, 4) is 0 Å². The fourth-order valence-electron chi connectivity index (χ4n) is 3.99. The van der Waals surface area contributed by atoms with Crippen LogP contribution in [0.1, 0.15) is 46.5 Å². The summed E-state index contributed by atoms with van der Waals surface area (Å²) in [7, 11) is 0. The van der Waals surface area contributed by atoms with Crippen LogP contribution in [0.2, 0.25) is 0 Å². The van der Waals surface area contributed by atoms with Gasteiger partial charge in [0, 0.05) is 11.3 Å². The summed E-state index contributed by atoms with van der Waals surface area (Å²) in [5.41, 5.74) is -2.78. The molecule has 0 saturated heterocycles. The SMILES string of the molecule is C=C1C(O)CCC2(C)CCC(C(C)(C)O)C(O)C12O. The number of rotatable bonds is 1. The van der Waals surface area contributed by atoms with Crippen LogP contribution >= 0.6 is 0 Å². The molecule has 0 amide bonds. The van der Waals surface area contributed by atoms with Gasteiger partial charge in [-0.2, -0.15) is 0 Å². The van der Waals surface area contributed by atoms with Gasteiger partial charge in [0.2, 0.25) is 0 Å². The smallest absolute Gasteiger partial charge is 0.119 e. The summed E-state index contributed by atoms with van der Waals surface area (Å²) in [6.07, 6.45) is 0.701. The average Bonchev–Trinajstić information content (AvgIpc) is 2.29. The van der Waals surface area contributed by atoms with E-state index in [-0.39, 0.29) is 0 Å². The molecule has 5 unspecified atom stereocenters. The Kier molecular flexibility index (Phi) is 3.38. The number of aliphatic hydroxyl groups excluding tert-OH is 2. The lowest BCUT2D eigenvalue weighted by molar-refractivity contribution is -0.221. The van der Waals surface area contributed by atoms with Gasteiger partial charge in [-0.15, -0.1) is 0 Å². The van der Waals surface area contributed by atoms with Crippen LogP contribution in [-0.2, 0) is 0 Å². The molecule has 2 rings (SSSR count). The van der Waals surface area contributed by atoms with Crippen molar-refractivity contribution in [1.82, 2.24) is 0 Å². The normalized spacial score (nSPS) is 47.9. The van der Waals surface area contributed by atoms with Crippen molar-refractivity contribution < 1.29 is 20.4 Å². The van der Waals surface area contributed by atoms with E-state index in [9.17, 15) is 20.4 Å². The molecule has 2 aliphatic rings. The van der Waals surface area contributed by atoms with Gasteiger partial charge in [0.15, 0.2) is 0 Å². The Morgan fingerprint density at radius 2 is 1.74 bits per heavy atom. The second-order valence-electron chi connectivity index (χ2n) is 7.15. The first kappa shape index (κ1) is 15.0. The van der Waals surface area contributed by atoms with E-state index >= 15 is 0 Å². The molecule has 4 nitrogen and oxygen atoms in total. The lowest BCUT2D eigenvalue weighted by Gasteiger charge is -2.59. The molecule has 5 atom stereocenters. The van der Waals surface area contributed by atoms with Gasteiger partial charge in [-0.3, -0.25) is 0 Å². The number of aliphatic hydroxyl groups is 4. The lowest BCUT2D eigenvalue weighted by Crippen LogP contribution is -2.67. The Bertz CT molecular complexity index is 386. The van der Waals surface area contributed by atoms with E-state index in [4.69, 9.17) is 0 Å². The fraction of sp³-hybridized carbons (Fsp3) is 0.867. The second-order valence-corrected chi connectivity index (χ2v) is 7.15. The predicted molar refractivity (Wildman–Crippen MR) is 72.5 cm³/mol. The van der Waals surface area contributed by atoms with Crippen LogP contribution in [0.4, 0.5) is 0 Å². The standard InChI is InChI=1S/C15H26O4/c1-9-11(16)6-8-14(4)7-5-10(13(2,3)18)12(17)15(9,14)19/h10-12,16-19H,1,5-8H2,2-4H3. The van der Waals surface area contributed by atoms with Gasteiger partial charge >= 0.3 is 0 Å². The van der Waals surface area contributed by atoms with Crippen LogP contribution in [-0.4, -0.2) is 43.8 Å². The van der Waals surface area contributed by atoms with E-state index in [2.05, 4.69) is 6.58 Å². The van der Waals surface area contributed by atoms with Crippen molar-refractivity contribution in [3.05, 3.63) is 12.2 Å². The zero-order valence-electron chi connectivity index (χ0n) is 12.1. The third-order valence-electron chi connectivity index (χ3n) is 5.51. The molecule has 0 heterocycles. The molecule has 0 aromatic rings. The van der Waals surface area contributed by atoms with Crippen LogP contribution < -0.4 is 0 Å². The molecule has 2 aliphatic carbocycles. The number of fused-ring (bicyclic) bond motifs is 1. The molecule has 4 N–H and O–H groups in total. The van der Waals surface area contributed by atoms with Crippen molar-refractivity contribution in [2.75, 3.05) is 0 Å². The van der Waals surface area contributed by atoms with Gasteiger partial charge in [0.05, 0.1) is 17.8 Å². The van der Waals surface area contributed by atoms with E-state index in [1.165, 1.54) is 0 Å². The predicted octanol–water partition coefficient (Wildman–Crippen LogP) is 0.976. The van der Waals surface area contributed by atoms with E-state index in [1.807, 2.05) is 6.92 Å². The maximum atomic E-state index is 11.1. The zero-order valence-corrected chi connectivity index (χ0v) is 12.1. The minimum Gasteiger partial charge on any atom is -0.390 e. The number of hydrogen-bond acceptors (Lipinski definition) is 4. The molecular weight excluding hydrogens is 244 g/mol. The molecule has 0 aliphatic heterocycles. The van der Waals surface area contributed by atoms with Gasteiger partial charge < -0.3 is 20.4 Å². The summed E-state index contributed by atoms with van der Waals surface area (Å²) in [5, 5.41) is 41.9. The molecule has 2 saturated carbocycles. The molecule has 0 radical (unpaired) electrons. The molecule has 19 heavy (non-hydrogen) atoms. The third kappa shape index (κ3) is 1.97. The first-order chi connectivity index (χ1) is 8.54. The highest BCUT2D eigenvalue weighted by atomic mass is 16.4. The van der Waals surface area contributed by atoms with Crippen molar-refractivity contribution in [2.24, 2.45) is 11.3 Å². The Balaban J connectivity index is 2.43. The molecule has 0 aromatic heterocycles. The highest BCUT2D eigenvalue weighted by molar-refractivity contribution is 5.30. The number of hydrogen-bond donors (Lipinski definition) is 4. The summed E-state index contributed by atoms with van der Waals surface area (Å²) < 4.78 is 0. The van der Waals surface area contributed by atoms with E-state index < -0.39 is 34.7 Å². The molecule has 0 spiro atoms. The molecule has 0 aromatic carbocycles. The quantitative estimate of drug-likeness (QED) is 0.535. The topological polar surface area (TPSA) is 80.9 Å². The Morgan fingerprint density at radius 1 is 1.21 bits per heavy atom. The molecule has 2 fully saturated rings. The maximum absolute atomic E-state index is 11.1. The monoisotopic (exact) mass is 270 g/mol. The minimum atomic E-state index is -1.52. The van der Waals surface area contributed by atoms with Gasteiger partial charge in [-0.25, -0.2) is 0 Å². The van der Waals surface area contributed by atoms with Crippen molar-refractivity contribution >= 4 is 0 Å². The Morgan fingerprint density at radius 3 is 2.26 bits per heavy atom.